The first-order chi connectivity index (χ1) is 17.3. The van der Waals surface area contributed by atoms with Crippen molar-refractivity contribution in [2.24, 2.45) is 11.8 Å². The van der Waals surface area contributed by atoms with E-state index in [0.29, 0.717) is 58.4 Å². The van der Waals surface area contributed by atoms with E-state index in [4.69, 9.17) is 4.74 Å². The van der Waals surface area contributed by atoms with Crippen molar-refractivity contribution in [2.45, 2.75) is 49.8 Å². The van der Waals surface area contributed by atoms with Gasteiger partial charge in [-0.3, -0.25) is 14.5 Å². The number of amides is 1. The van der Waals surface area contributed by atoms with Gasteiger partial charge in [-0.1, -0.05) is 0 Å². The Morgan fingerprint density at radius 3 is 2.72 bits per heavy atom. The van der Waals surface area contributed by atoms with E-state index in [2.05, 4.69) is 35.0 Å². The summed E-state index contributed by atoms with van der Waals surface area (Å²) in [6.45, 7) is 2.35. The van der Waals surface area contributed by atoms with Crippen molar-refractivity contribution in [3.8, 4) is 16.5 Å². The Labute approximate surface area is 212 Å². The van der Waals surface area contributed by atoms with E-state index in [1.165, 1.54) is 23.9 Å². The molecule has 3 aliphatic carbocycles. The van der Waals surface area contributed by atoms with Crippen LogP contribution >= 0.6 is 11.3 Å². The zero-order valence-electron chi connectivity index (χ0n) is 19.5. The molecule has 0 radical (unpaired) electrons. The Kier molecular flexibility index (Phi) is 5.63. The number of carbonyl (C=O) groups is 1. The second-order valence-electron chi connectivity index (χ2n) is 9.54. The summed E-state index contributed by atoms with van der Waals surface area (Å²) in [7, 11) is -3.45. The van der Waals surface area contributed by atoms with Gasteiger partial charge in [0.25, 0.3) is 5.91 Å². The summed E-state index contributed by atoms with van der Waals surface area (Å²) in [5.74, 6) is 1.38. The van der Waals surface area contributed by atoms with E-state index in [9.17, 15) is 13.2 Å². The van der Waals surface area contributed by atoms with Gasteiger partial charge in [0.2, 0.25) is 15.9 Å². The second kappa shape index (κ2) is 8.73. The molecule has 188 valence electrons. The van der Waals surface area contributed by atoms with Crippen LogP contribution in [0.25, 0.3) is 10.6 Å². The molecule has 0 bridgehead atoms. The SMILES string of the molecule is CCOc1cncc(-c2cnc(C(=O)NC3(c4cc(NS(=O)(=O)C5CC5)ncn4)CC4CC4C3)s2)n1. The molecule has 6 rings (SSSR count). The van der Waals surface area contributed by atoms with Gasteiger partial charge < -0.3 is 10.1 Å². The van der Waals surface area contributed by atoms with Crippen LogP contribution in [-0.4, -0.2) is 51.1 Å². The average molecular weight is 528 g/mol. The van der Waals surface area contributed by atoms with E-state index < -0.39 is 15.6 Å². The van der Waals surface area contributed by atoms with E-state index in [0.717, 1.165) is 19.3 Å². The molecule has 3 aromatic heterocycles. The monoisotopic (exact) mass is 527 g/mol. The number of sulfonamides is 1. The molecular weight excluding hydrogens is 502 g/mol. The molecule has 3 aliphatic rings. The Morgan fingerprint density at radius 2 is 1.97 bits per heavy atom. The molecule has 3 saturated carbocycles. The highest BCUT2D eigenvalue weighted by molar-refractivity contribution is 7.93. The van der Waals surface area contributed by atoms with Crippen LogP contribution in [-0.2, 0) is 15.6 Å². The highest BCUT2D eigenvalue weighted by atomic mass is 32.2. The number of anilines is 1. The van der Waals surface area contributed by atoms with Crippen molar-refractivity contribution < 1.29 is 17.9 Å². The van der Waals surface area contributed by atoms with Gasteiger partial charge in [-0.15, -0.1) is 11.3 Å². The van der Waals surface area contributed by atoms with Gasteiger partial charge in [0.05, 0.1) is 40.4 Å². The minimum atomic E-state index is -3.45. The van der Waals surface area contributed by atoms with Gasteiger partial charge in [0.1, 0.15) is 17.8 Å². The Balaban J connectivity index is 1.24. The molecule has 0 aromatic carbocycles. The van der Waals surface area contributed by atoms with Crippen molar-refractivity contribution in [3.05, 3.63) is 41.7 Å². The average Bonchev–Trinajstić information content (AvgIpc) is 3.76. The maximum absolute atomic E-state index is 13.3. The molecule has 0 aliphatic heterocycles. The highest BCUT2D eigenvalue weighted by Crippen LogP contribution is 2.59. The van der Waals surface area contributed by atoms with Crippen LogP contribution in [0.15, 0.2) is 31.0 Å². The van der Waals surface area contributed by atoms with Crippen LogP contribution in [0.5, 0.6) is 5.88 Å². The van der Waals surface area contributed by atoms with Gasteiger partial charge in [-0.05, 0) is 50.9 Å². The molecule has 2 atom stereocenters. The van der Waals surface area contributed by atoms with Crippen LogP contribution < -0.4 is 14.8 Å². The number of nitrogens with zero attached hydrogens (tertiary/aromatic N) is 5. The summed E-state index contributed by atoms with van der Waals surface area (Å²) < 4.78 is 32.8. The van der Waals surface area contributed by atoms with Crippen molar-refractivity contribution in [1.82, 2.24) is 30.2 Å². The van der Waals surface area contributed by atoms with Gasteiger partial charge in [-0.2, -0.15) is 0 Å². The van der Waals surface area contributed by atoms with E-state index >= 15 is 0 Å². The lowest BCUT2D eigenvalue weighted by atomic mass is 9.89. The largest absolute Gasteiger partial charge is 0.477 e. The molecule has 13 heteroatoms. The summed E-state index contributed by atoms with van der Waals surface area (Å²) in [5, 5.41) is 3.13. The lowest BCUT2D eigenvalue weighted by Gasteiger charge is -2.31. The van der Waals surface area contributed by atoms with Crippen LogP contribution in [0.1, 0.15) is 54.5 Å². The Hall–Kier alpha value is -3.19. The molecule has 3 heterocycles. The van der Waals surface area contributed by atoms with Crippen molar-refractivity contribution >= 4 is 33.1 Å². The number of thiazole rings is 1. The quantitative estimate of drug-likeness (QED) is 0.428. The van der Waals surface area contributed by atoms with Gasteiger partial charge in [-0.25, -0.2) is 28.4 Å². The highest BCUT2D eigenvalue weighted by Gasteiger charge is 2.56. The Morgan fingerprint density at radius 1 is 1.17 bits per heavy atom. The van der Waals surface area contributed by atoms with Crippen molar-refractivity contribution in [3.63, 3.8) is 0 Å². The Bertz CT molecular complexity index is 1410. The summed E-state index contributed by atoms with van der Waals surface area (Å²) in [6, 6.07) is 1.65. The summed E-state index contributed by atoms with van der Waals surface area (Å²) in [4.78, 5) is 35.5. The molecular formula is C23H25N7O4S2. The minimum Gasteiger partial charge on any atom is -0.477 e. The number of fused-ring (bicyclic) bond motifs is 1. The molecule has 11 nitrogen and oxygen atoms in total. The zero-order valence-corrected chi connectivity index (χ0v) is 21.2. The number of hydrogen-bond donors (Lipinski definition) is 2. The standard InChI is InChI=1S/C23H25N7O4S2/c1-2-34-20-11-24-9-16(28-20)17-10-25-22(35-17)21(31)29-23(7-13-5-14(13)8-23)18-6-19(27-12-26-18)30-36(32,33)15-3-4-15/h6,9-15H,2-5,7-8H2,1H3,(H,29,31)(H,26,27,30). The van der Waals surface area contributed by atoms with Crippen LogP contribution in [0.4, 0.5) is 5.82 Å². The van der Waals surface area contributed by atoms with Crippen LogP contribution in [0.3, 0.4) is 0 Å². The third-order valence-electron chi connectivity index (χ3n) is 6.87. The normalized spacial score (nSPS) is 24.7. The third kappa shape index (κ3) is 4.52. The van der Waals surface area contributed by atoms with Gasteiger partial charge in [0, 0.05) is 12.3 Å². The summed E-state index contributed by atoms with van der Waals surface area (Å²) in [6.07, 6.45) is 10.1. The van der Waals surface area contributed by atoms with E-state index in [1.54, 1.807) is 18.5 Å². The maximum atomic E-state index is 13.3. The number of nitrogens with one attached hydrogen (secondary N) is 2. The summed E-state index contributed by atoms with van der Waals surface area (Å²) >= 11 is 1.23. The van der Waals surface area contributed by atoms with E-state index in [-0.39, 0.29) is 17.0 Å². The fourth-order valence-corrected chi connectivity index (χ4v) is 6.99. The molecule has 36 heavy (non-hydrogen) atoms. The fraction of sp³-hybridized carbons (Fsp3) is 0.478. The molecule has 0 spiro atoms. The molecule has 0 saturated heterocycles. The molecule has 3 fully saturated rings. The second-order valence-corrected chi connectivity index (χ2v) is 12.5. The third-order valence-corrected chi connectivity index (χ3v) is 9.73. The first-order valence-electron chi connectivity index (χ1n) is 11.9. The number of aromatic nitrogens is 5. The molecule has 3 aromatic rings. The maximum Gasteiger partial charge on any atom is 0.281 e. The summed E-state index contributed by atoms with van der Waals surface area (Å²) in [5.41, 5.74) is 0.491. The smallest absolute Gasteiger partial charge is 0.281 e. The molecule has 1 amide bonds. The number of ether oxygens (including phenoxy) is 1. The lowest BCUT2D eigenvalue weighted by Crippen LogP contribution is -2.45. The van der Waals surface area contributed by atoms with Crippen LogP contribution in [0, 0.1) is 11.8 Å². The van der Waals surface area contributed by atoms with Crippen molar-refractivity contribution in [2.75, 3.05) is 11.3 Å². The van der Waals surface area contributed by atoms with Crippen LogP contribution in [0.2, 0.25) is 0 Å². The van der Waals surface area contributed by atoms with Gasteiger partial charge in [0.15, 0.2) is 5.01 Å². The molecule has 2 unspecified atom stereocenters. The predicted molar refractivity (Wildman–Crippen MR) is 132 cm³/mol. The number of carbonyl (C=O) groups excluding carboxylic acids is 1. The van der Waals surface area contributed by atoms with Crippen molar-refractivity contribution in [1.29, 1.82) is 0 Å². The predicted octanol–water partition coefficient (Wildman–Crippen LogP) is 2.75. The topological polar surface area (TPSA) is 149 Å². The first kappa shape index (κ1) is 23.2. The lowest BCUT2D eigenvalue weighted by molar-refractivity contribution is 0.0888. The molecule has 2 N–H and O–H groups in total. The zero-order chi connectivity index (χ0) is 24.9. The van der Waals surface area contributed by atoms with E-state index in [1.807, 2.05) is 6.92 Å². The number of rotatable bonds is 9. The first-order valence-corrected chi connectivity index (χ1v) is 14.3. The number of hydrogen-bond acceptors (Lipinski definition) is 10. The fourth-order valence-electron chi connectivity index (χ4n) is 4.90. The van der Waals surface area contributed by atoms with Gasteiger partial charge >= 0.3 is 0 Å². The minimum absolute atomic E-state index is 0.227.